The minimum absolute atomic E-state index is 0.0390. The van der Waals surface area contributed by atoms with Crippen molar-refractivity contribution in [3.05, 3.63) is 47.0 Å². The molecule has 1 fully saturated rings. The van der Waals surface area contributed by atoms with E-state index in [1.165, 1.54) is 0 Å². The van der Waals surface area contributed by atoms with Crippen LogP contribution in [0, 0.1) is 0 Å². The molecule has 98 valence electrons. The van der Waals surface area contributed by atoms with Gasteiger partial charge in [-0.3, -0.25) is 4.57 Å². The second-order valence-electron chi connectivity index (χ2n) is 5.24. The molecule has 4 heteroatoms. The summed E-state index contributed by atoms with van der Waals surface area (Å²) in [4.78, 5) is 0. The first-order valence-corrected chi connectivity index (χ1v) is 6.59. The maximum Gasteiger partial charge on any atom is 0.200 e. The van der Waals surface area contributed by atoms with Crippen molar-refractivity contribution in [3.63, 3.8) is 0 Å². The third kappa shape index (κ3) is 1.43. The predicted octanol–water partition coefficient (Wildman–Crippen LogP) is 2.85. The first kappa shape index (κ1) is 10.9. The van der Waals surface area contributed by atoms with Gasteiger partial charge in [-0.15, -0.1) is 0 Å². The molecule has 0 amide bonds. The molecule has 0 radical (unpaired) electrons. The summed E-state index contributed by atoms with van der Waals surface area (Å²) < 4.78 is 7.29. The SMILES string of the molecule is Oc1c2c(c(O)n1Cc1ccccc1)[C@H]1CCC2O1. The summed E-state index contributed by atoms with van der Waals surface area (Å²) in [6.45, 7) is 0.477. The van der Waals surface area contributed by atoms with Gasteiger partial charge in [-0.05, 0) is 18.4 Å². The van der Waals surface area contributed by atoms with Gasteiger partial charge in [-0.25, -0.2) is 0 Å². The Morgan fingerprint density at radius 1 is 1.00 bits per heavy atom. The zero-order valence-corrected chi connectivity index (χ0v) is 10.4. The van der Waals surface area contributed by atoms with Gasteiger partial charge in [0.05, 0.1) is 29.9 Å². The molecule has 2 N–H and O–H groups in total. The molecule has 1 unspecified atom stereocenters. The van der Waals surface area contributed by atoms with Gasteiger partial charge in [0.2, 0.25) is 11.8 Å². The number of rotatable bonds is 2. The topological polar surface area (TPSA) is 54.6 Å². The van der Waals surface area contributed by atoms with Crippen molar-refractivity contribution >= 4 is 0 Å². The lowest BCUT2D eigenvalue weighted by atomic mass is 9.95. The van der Waals surface area contributed by atoms with Crippen LogP contribution >= 0.6 is 0 Å². The summed E-state index contributed by atoms with van der Waals surface area (Å²) in [5.74, 6) is 0.312. The minimum Gasteiger partial charge on any atom is -0.494 e. The van der Waals surface area contributed by atoms with Crippen molar-refractivity contribution in [2.75, 3.05) is 0 Å². The molecule has 4 nitrogen and oxygen atoms in total. The number of aromatic nitrogens is 1. The zero-order valence-electron chi connectivity index (χ0n) is 10.4. The van der Waals surface area contributed by atoms with Crippen molar-refractivity contribution in [2.24, 2.45) is 0 Å². The van der Waals surface area contributed by atoms with Gasteiger partial charge in [-0.2, -0.15) is 0 Å². The molecule has 1 aromatic heterocycles. The third-order valence-corrected chi connectivity index (χ3v) is 4.13. The van der Waals surface area contributed by atoms with Gasteiger partial charge in [0.25, 0.3) is 0 Å². The highest BCUT2D eigenvalue weighted by Crippen LogP contribution is 2.57. The third-order valence-electron chi connectivity index (χ3n) is 4.13. The Hall–Kier alpha value is -1.94. The average molecular weight is 257 g/mol. The summed E-state index contributed by atoms with van der Waals surface area (Å²) in [6, 6.07) is 9.82. The standard InChI is InChI=1S/C15H15NO3/c17-14-12-10-6-7-11(19-10)13(12)15(18)16(14)8-9-4-2-1-3-5-9/h1-5,10-11,17-18H,6-8H2/t10-,11?/m1/s1. The Kier molecular flexibility index (Phi) is 2.17. The molecule has 1 aromatic carbocycles. The van der Waals surface area contributed by atoms with E-state index in [4.69, 9.17) is 4.74 Å². The molecule has 4 rings (SSSR count). The molecule has 1 saturated heterocycles. The van der Waals surface area contributed by atoms with E-state index in [1.54, 1.807) is 4.57 Å². The second-order valence-corrected chi connectivity index (χ2v) is 5.24. The molecule has 2 aromatic rings. The zero-order chi connectivity index (χ0) is 13.0. The lowest BCUT2D eigenvalue weighted by Gasteiger charge is -2.10. The van der Waals surface area contributed by atoms with Crippen LogP contribution in [-0.4, -0.2) is 14.8 Å². The minimum atomic E-state index is -0.0390. The van der Waals surface area contributed by atoms with E-state index in [2.05, 4.69) is 0 Å². The predicted molar refractivity (Wildman–Crippen MR) is 69.1 cm³/mol. The fourth-order valence-corrected chi connectivity index (χ4v) is 3.24. The quantitative estimate of drug-likeness (QED) is 0.869. The van der Waals surface area contributed by atoms with E-state index in [0.717, 1.165) is 29.5 Å². The summed E-state index contributed by atoms with van der Waals surface area (Å²) in [6.07, 6.45) is 1.78. The number of ether oxygens (including phenoxy) is 1. The average Bonchev–Trinajstić information content (AvgIpc) is 3.10. The molecule has 2 aliphatic rings. The summed E-state index contributed by atoms with van der Waals surface area (Å²) in [5, 5.41) is 20.7. The largest absolute Gasteiger partial charge is 0.494 e. The van der Waals surface area contributed by atoms with Crippen LogP contribution in [0.25, 0.3) is 0 Å². The summed E-state index contributed by atoms with van der Waals surface area (Å²) in [7, 11) is 0. The molecular weight excluding hydrogens is 242 g/mol. The number of hydrogen-bond acceptors (Lipinski definition) is 3. The van der Waals surface area contributed by atoms with Gasteiger partial charge in [0.15, 0.2) is 0 Å². The van der Waals surface area contributed by atoms with Crippen LogP contribution in [0.1, 0.15) is 41.7 Å². The molecule has 3 heterocycles. The van der Waals surface area contributed by atoms with Crippen molar-refractivity contribution in [2.45, 2.75) is 31.6 Å². The van der Waals surface area contributed by atoms with Crippen LogP contribution in [0.5, 0.6) is 11.8 Å². The monoisotopic (exact) mass is 257 g/mol. The number of hydrogen-bond donors (Lipinski definition) is 2. The van der Waals surface area contributed by atoms with Crippen LogP contribution in [0.15, 0.2) is 30.3 Å². The second kappa shape index (κ2) is 3.78. The first-order valence-electron chi connectivity index (χ1n) is 6.59. The highest BCUT2D eigenvalue weighted by molar-refractivity contribution is 5.52. The molecule has 0 spiro atoms. The number of aromatic hydroxyl groups is 2. The summed E-state index contributed by atoms with van der Waals surface area (Å²) in [5.41, 5.74) is 2.64. The van der Waals surface area contributed by atoms with Gasteiger partial charge in [-0.1, -0.05) is 30.3 Å². The first-order chi connectivity index (χ1) is 9.25. The maximum absolute atomic E-state index is 10.3. The van der Waals surface area contributed by atoms with Gasteiger partial charge in [0.1, 0.15) is 0 Å². The Bertz CT molecular complexity index is 599. The Balaban J connectivity index is 1.79. The number of nitrogens with zero attached hydrogens (tertiary/aromatic N) is 1. The van der Waals surface area contributed by atoms with E-state index in [-0.39, 0.29) is 24.0 Å². The number of benzene rings is 1. The van der Waals surface area contributed by atoms with Crippen LogP contribution < -0.4 is 0 Å². The molecular formula is C15H15NO3. The van der Waals surface area contributed by atoms with E-state index in [9.17, 15) is 10.2 Å². The lowest BCUT2D eigenvalue weighted by Crippen LogP contribution is -2.00. The summed E-state index contributed by atoms with van der Waals surface area (Å²) >= 11 is 0. The molecule has 0 saturated carbocycles. The van der Waals surface area contributed by atoms with Gasteiger partial charge < -0.3 is 14.9 Å². The molecule has 2 bridgehead atoms. The Morgan fingerprint density at radius 2 is 1.58 bits per heavy atom. The van der Waals surface area contributed by atoms with Crippen LogP contribution in [-0.2, 0) is 11.3 Å². The van der Waals surface area contributed by atoms with Crippen molar-refractivity contribution in [1.82, 2.24) is 4.57 Å². The number of fused-ring (bicyclic) bond motifs is 5. The molecule has 2 atom stereocenters. The molecule has 19 heavy (non-hydrogen) atoms. The van der Waals surface area contributed by atoms with E-state index in [1.807, 2.05) is 30.3 Å². The van der Waals surface area contributed by atoms with E-state index >= 15 is 0 Å². The van der Waals surface area contributed by atoms with Gasteiger partial charge >= 0.3 is 0 Å². The maximum atomic E-state index is 10.3. The smallest absolute Gasteiger partial charge is 0.200 e. The fraction of sp³-hybridized carbons (Fsp3) is 0.333. The lowest BCUT2D eigenvalue weighted by molar-refractivity contribution is 0.0679. The molecule has 0 aliphatic carbocycles. The highest BCUT2D eigenvalue weighted by atomic mass is 16.5. The molecule has 2 aliphatic heterocycles. The highest BCUT2D eigenvalue weighted by Gasteiger charge is 2.45. The Morgan fingerprint density at radius 3 is 2.16 bits per heavy atom. The van der Waals surface area contributed by atoms with Crippen molar-refractivity contribution in [1.29, 1.82) is 0 Å². The fourth-order valence-electron chi connectivity index (χ4n) is 3.24. The van der Waals surface area contributed by atoms with Crippen molar-refractivity contribution in [3.8, 4) is 11.8 Å². The van der Waals surface area contributed by atoms with E-state index in [0.29, 0.717) is 6.54 Å². The van der Waals surface area contributed by atoms with E-state index < -0.39 is 0 Å². The Labute approximate surface area is 110 Å². The van der Waals surface area contributed by atoms with Crippen LogP contribution in [0.4, 0.5) is 0 Å². The van der Waals surface area contributed by atoms with Crippen molar-refractivity contribution < 1.29 is 14.9 Å². The normalized spacial score (nSPS) is 23.8. The van der Waals surface area contributed by atoms with Crippen LogP contribution in [0.2, 0.25) is 0 Å². The van der Waals surface area contributed by atoms with Crippen LogP contribution in [0.3, 0.4) is 0 Å². The van der Waals surface area contributed by atoms with Gasteiger partial charge in [0, 0.05) is 0 Å².